The molecule has 4 heteroatoms. The minimum Gasteiger partial charge on any atom is -0.478 e. The van der Waals surface area contributed by atoms with Crippen molar-refractivity contribution in [1.82, 2.24) is 4.98 Å². The Morgan fingerprint density at radius 3 is 2.43 bits per heavy atom. The highest BCUT2D eigenvalue weighted by Crippen LogP contribution is 2.29. The summed E-state index contributed by atoms with van der Waals surface area (Å²) in [5.74, 6) is -0.718. The second-order valence-corrected chi connectivity index (χ2v) is 6.52. The third-order valence-electron chi connectivity index (χ3n) is 3.36. The molecular weight excluding hydrogens is 282 g/mol. The van der Waals surface area contributed by atoms with Gasteiger partial charge in [-0.3, -0.25) is 0 Å². The SMILES string of the molecule is Cc1ccc(Sc2cc(C(=O)O)cc(C(C)C)n2)cc1C. The third kappa shape index (κ3) is 3.85. The Hall–Kier alpha value is -1.81. The number of pyridine rings is 1. The average Bonchev–Trinajstić information content (AvgIpc) is 2.42. The van der Waals surface area contributed by atoms with Gasteiger partial charge in [0.05, 0.1) is 5.56 Å². The van der Waals surface area contributed by atoms with Crippen LogP contribution >= 0.6 is 11.8 Å². The van der Waals surface area contributed by atoms with Gasteiger partial charge in [0.1, 0.15) is 5.03 Å². The molecule has 0 saturated heterocycles. The van der Waals surface area contributed by atoms with Crippen LogP contribution in [-0.2, 0) is 0 Å². The highest BCUT2D eigenvalue weighted by atomic mass is 32.2. The van der Waals surface area contributed by atoms with E-state index in [0.717, 1.165) is 15.6 Å². The first-order valence-corrected chi connectivity index (χ1v) is 7.69. The first-order chi connectivity index (χ1) is 9.86. The Balaban J connectivity index is 2.38. The number of carbonyl (C=O) groups is 1. The molecule has 1 aromatic carbocycles. The monoisotopic (exact) mass is 301 g/mol. The Morgan fingerprint density at radius 2 is 1.86 bits per heavy atom. The smallest absolute Gasteiger partial charge is 0.335 e. The van der Waals surface area contributed by atoms with E-state index in [0.29, 0.717) is 5.56 Å². The summed E-state index contributed by atoms with van der Waals surface area (Å²) in [6.07, 6.45) is 0. The van der Waals surface area contributed by atoms with Gasteiger partial charge in [-0.1, -0.05) is 31.7 Å². The molecule has 0 aliphatic rings. The largest absolute Gasteiger partial charge is 0.478 e. The van der Waals surface area contributed by atoms with Crippen LogP contribution < -0.4 is 0 Å². The van der Waals surface area contributed by atoms with Crippen LogP contribution in [0, 0.1) is 13.8 Å². The normalized spacial score (nSPS) is 10.9. The number of carboxylic acid groups (broad SMARTS) is 1. The Labute approximate surface area is 129 Å². The molecule has 21 heavy (non-hydrogen) atoms. The van der Waals surface area contributed by atoms with Crippen molar-refractivity contribution < 1.29 is 9.90 Å². The summed E-state index contributed by atoms with van der Waals surface area (Å²) >= 11 is 1.50. The summed E-state index contributed by atoms with van der Waals surface area (Å²) < 4.78 is 0. The molecule has 0 aliphatic heterocycles. The lowest BCUT2D eigenvalue weighted by Crippen LogP contribution is -2.02. The van der Waals surface area contributed by atoms with E-state index < -0.39 is 5.97 Å². The van der Waals surface area contributed by atoms with Crippen LogP contribution in [0.1, 0.15) is 46.9 Å². The zero-order valence-corrected chi connectivity index (χ0v) is 13.5. The van der Waals surface area contributed by atoms with E-state index in [2.05, 4.69) is 31.0 Å². The Bertz CT molecular complexity index is 680. The summed E-state index contributed by atoms with van der Waals surface area (Å²) in [6.45, 7) is 8.17. The molecule has 0 saturated carbocycles. The highest BCUT2D eigenvalue weighted by Gasteiger charge is 2.12. The fraction of sp³-hybridized carbons (Fsp3) is 0.294. The van der Waals surface area contributed by atoms with Gasteiger partial charge >= 0.3 is 5.97 Å². The molecule has 0 fully saturated rings. The molecule has 0 aliphatic carbocycles. The number of aryl methyl sites for hydroxylation is 2. The van der Waals surface area contributed by atoms with Crippen LogP contribution in [0.25, 0.3) is 0 Å². The van der Waals surface area contributed by atoms with Crippen LogP contribution in [0.4, 0.5) is 0 Å². The van der Waals surface area contributed by atoms with E-state index in [9.17, 15) is 9.90 Å². The van der Waals surface area contributed by atoms with Crippen molar-refractivity contribution in [2.75, 3.05) is 0 Å². The van der Waals surface area contributed by atoms with Crippen LogP contribution in [-0.4, -0.2) is 16.1 Å². The lowest BCUT2D eigenvalue weighted by molar-refractivity contribution is 0.0696. The lowest BCUT2D eigenvalue weighted by atomic mass is 10.1. The third-order valence-corrected chi connectivity index (χ3v) is 4.27. The molecule has 1 N–H and O–H groups in total. The van der Waals surface area contributed by atoms with Gasteiger partial charge in [0.25, 0.3) is 0 Å². The highest BCUT2D eigenvalue weighted by molar-refractivity contribution is 7.99. The number of benzene rings is 1. The quantitative estimate of drug-likeness (QED) is 0.891. The van der Waals surface area contributed by atoms with Crippen LogP contribution in [0.15, 0.2) is 40.3 Å². The van der Waals surface area contributed by atoms with Crippen LogP contribution in [0.3, 0.4) is 0 Å². The molecular formula is C17H19NO2S. The van der Waals surface area contributed by atoms with Crippen LogP contribution in [0.2, 0.25) is 0 Å². The summed E-state index contributed by atoms with van der Waals surface area (Å²) in [6, 6.07) is 9.49. The van der Waals surface area contributed by atoms with Crippen molar-refractivity contribution in [3.63, 3.8) is 0 Å². The molecule has 1 aromatic heterocycles. The van der Waals surface area contributed by atoms with E-state index in [1.807, 2.05) is 19.9 Å². The van der Waals surface area contributed by atoms with E-state index in [1.165, 1.54) is 22.9 Å². The van der Waals surface area contributed by atoms with E-state index >= 15 is 0 Å². The fourth-order valence-electron chi connectivity index (χ4n) is 1.90. The molecule has 0 spiro atoms. The van der Waals surface area contributed by atoms with Crippen LogP contribution in [0.5, 0.6) is 0 Å². The fourth-order valence-corrected chi connectivity index (χ4v) is 2.85. The number of aromatic carboxylic acids is 1. The Kier molecular flexibility index (Phi) is 4.68. The van der Waals surface area contributed by atoms with Crippen molar-refractivity contribution in [2.24, 2.45) is 0 Å². The standard InChI is InChI=1S/C17H19NO2S/c1-10(2)15-8-13(17(19)20)9-16(18-15)21-14-6-5-11(3)12(4)7-14/h5-10H,1-4H3,(H,19,20). The molecule has 3 nitrogen and oxygen atoms in total. The van der Waals surface area contributed by atoms with Crippen molar-refractivity contribution in [1.29, 1.82) is 0 Å². The van der Waals surface area contributed by atoms with E-state index in [1.54, 1.807) is 12.1 Å². The molecule has 0 bridgehead atoms. The van der Waals surface area contributed by atoms with Gasteiger partial charge in [-0.05, 0) is 55.2 Å². The molecule has 0 unspecified atom stereocenters. The van der Waals surface area contributed by atoms with Crippen molar-refractivity contribution in [3.8, 4) is 0 Å². The summed E-state index contributed by atoms with van der Waals surface area (Å²) in [5.41, 5.74) is 3.56. The van der Waals surface area contributed by atoms with Gasteiger partial charge in [0.15, 0.2) is 0 Å². The number of rotatable bonds is 4. The number of aromatic nitrogens is 1. The first-order valence-electron chi connectivity index (χ1n) is 6.87. The molecule has 1 heterocycles. The Morgan fingerprint density at radius 1 is 1.14 bits per heavy atom. The molecule has 2 aromatic rings. The minimum absolute atomic E-state index is 0.198. The molecule has 0 amide bonds. The topological polar surface area (TPSA) is 50.2 Å². The second kappa shape index (κ2) is 6.31. The number of hydrogen-bond acceptors (Lipinski definition) is 3. The zero-order chi connectivity index (χ0) is 15.6. The summed E-state index contributed by atoms with van der Waals surface area (Å²) in [4.78, 5) is 16.9. The van der Waals surface area contributed by atoms with Gasteiger partial charge in [-0.15, -0.1) is 0 Å². The van der Waals surface area contributed by atoms with Gasteiger partial charge in [-0.2, -0.15) is 0 Å². The van der Waals surface area contributed by atoms with E-state index in [-0.39, 0.29) is 5.92 Å². The predicted molar refractivity (Wildman–Crippen MR) is 85.3 cm³/mol. The zero-order valence-electron chi connectivity index (χ0n) is 12.7. The maximum absolute atomic E-state index is 11.2. The van der Waals surface area contributed by atoms with Crippen molar-refractivity contribution in [2.45, 2.75) is 43.5 Å². The lowest BCUT2D eigenvalue weighted by Gasteiger charge is -2.10. The van der Waals surface area contributed by atoms with E-state index in [4.69, 9.17) is 0 Å². The van der Waals surface area contributed by atoms with Gasteiger partial charge in [0, 0.05) is 10.6 Å². The first kappa shape index (κ1) is 15.6. The summed E-state index contributed by atoms with van der Waals surface area (Å²) in [5, 5.41) is 9.95. The van der Waals surface area contributed by atoms with Crippen molar-refractivity contribution >= 4 is 17.7 Å². The molecule has 2 rings (SSSR count). The molecule has 0 atom stereocenters. The minimum atomic E-state index is -0.916. The second-order valence-electron chi connectivity index (χ2n) is 5.43. The number of carboxylic acids is 1. The number of hydrogen-bond donors (Lipinski definition) is 1. The van der Waals surface area contributed by atoms with Gasteiger partial charge in [-0.25, -0.2) is 9.78 Å². The van der Waals surface area contributed by atoms with Gasteiger partial charge < -0.3 is 5.11 Å². The molecule has 110 valence electrons. The number of nitrogens with zero attached hydrogens (tertiary/aromatic N) is 1. The van der Waals surface area contributed by atoms with Gasteiger partial charge in [0.2, 0.25) is 0 Å². The summed E-state index contributed by atoms with van der Waals surface area (Å²) in [7, 11) is 0. The average molecular weight is 301 g/mol. The predicted octanol–water partition coefficient (Wildman–Crippen LogP) is 4.67. The molecule has 0 radical (unpaired) electrons. The van der Waals surface area contributed by atoms with Crippen molar-refractivity contribution in [3.05, 3.63) is 52.7 Å². The maximum Gasteiger partial charge on any atom is 0.335 e. The maximum atomic E-state index is 11.2.